The Morgan fingerprint density at radius 1 is 1.26 bits per heavy atom. The minimum atomic E-state index is -0.888. The van der Waals surface area contributed by atoms with Gasteiger partial charge in [-0.15, -0.1) is 0 Å². The highest BCUT2D eigenvalue weighted by molar-refractivity contribution is 5.79. The number of cyclic esters (lactones) is 2. The lowest BCUT2D eigenvalue weighted by Crippen LogP contribution is -2.71. The van der Waals surface area contributed by atoms with Crippen molar-refractivity contribution in [1.82, 2.24) is 4.90 Å². The number of carbonyl (C=O) groups excluding carboxylic acids is 2. The van der Waals surface area contributed by atoms with Gasteiger partial charge in [-0.05, 0) is 6.92 Å². The molecule has 19 heavy (non-hydrogen) atoms. The summed E-state index contributed by atoms with van der Waals surface area (Å²) in [6.07, 6.45) is -0.271. The lowest BCUT2D eigenvalue weighted by Gasteiger charge is -2.60. The van der Waals surface area contributed by atoms with Crippen LogP contribution in [0.5, 0.6) is 0 Å². The highest BCUT2D eigenvalue weighted by Gasteiger charge is 2.74. The van der Waals surface area contributed by atoms with Gasteiger partial charge >= 0.3 is 12.1 Å². The van der Waals surface area contributed by atoms with E-state index in [4.69, 9.17) is 14.2 Å². The Hall–Kier alpha value is -1.30. The first kappa shape index (κ1) is 11.5. The van der Waals surface area contributed by atoms with Crippen molar-refractivity contribution in [1.29, 1.82) is 0 Å². The van der Waals surface area contributed by atoms with Crippen LogP contribution < -0.4 is 0 Å². The van der Waals surface area contributed by atoms with Gasteiger partial charge in [-0.1, -0.05) is 0 Å². The normalized spacial score (nSPS) is 49.7. The number of amides is 1. The predicted molar refractivity (Wildman–Crippen MR) is 62.0 cm³/mol. The first-order valence-electron chi connectivity index (χ1n) is 6.70. The monoisotopic (exact) mass is 267 g/mol. The Labute approximate surface area is 111 Å². The molecule has 0 radical (unpaired) electrons. The topological polar surface area (TPSA) is 65.1 Å². The van der Waals surface area contributed by atoms with Crippen LogP contribution in [0.4, 0.5) is 4.79 Å². The number of rotatable bonds is 0. The van der Waals surface area contributed by atoms with E-state index in [9.17, 15) is 9.59 Å². The molecule has 0 aromatic carbocycles. The van der Waals surface area contributed by atoms with Gasteiger partial charge in [0.15, 0.2) is 0 Å². The number of hydrogen-bond acceptors (Lipinski definition) is 5. The van der Waals surface area contributed by atoms with E-state index < -0.39 is 11.4 Å². The highest BCUT2D eigenvalue weighted by atomic mass is 16.7. The Morgan fingerprint density at radius 3 is 2.74 bits per heavy atom. The Bertz CT molecular complexity index is 489. The fraction of sp³-hybridized carbons (Fsp3) is 0.846. The second-order valence-electron chi connectivity index (χ2n) is 6.56. The van der Waals surface area contributed by atoms with E-state index in [-0.39, 0.29) is 35.9 Å². The summed E-state index contributed by atoms with van der Waals surface area (Å²) in [7, 11) is 0. The summed E-state index contributed by atoms with van der Waals surface area (Å²) in [5.74, 6) is -1.07. The average molecular weight is 267 g/mol. The van der Waals surface area contributed by atoms with Crippen LogP contribution in [0.3, 0.4) is 0 Å². The largest absolute Gasteiger partial charge is 0.447 e. The smallest absolute Gasteiger partial charge is 0.410 e. The number of hydrogen-bond donors (Lipinski definition) is 0. The molecule has 104 valence electrons. The molecule has 6 heteroatoms. The number of fused-ring (bicyclic) bond motifs is 6. The highest BCUT2D eigenvalue weighted by Crippen LogP contribution is 2.62. The Balaban J connectivity index is 1.70. The minimum Gasteiger partial charge on any atom is -0.447 e. The van der Waals surface area contributed by atoms with Crippen molar-refractivity contribution < 1.29 is 23.8 Å². The van der Waals surface area contributed by atoms with Gasteiger partial charge in [0.25, 0.3) is 0 Å². The van der Waals surface area contributed by atoms with E-state index in [2.05, 4.69) is 0 Å². The standard InChI is InChI=1S/C13H17NO5/c1-12(2)18-10(15)9-8-6(13(9,3)19-12)4-14-7(8)5-17-11(14)16/h6-9H,4-5H2,1-3H3/t6-,7-,8-,9+,13+/m1/s1. The molecule has 0 unspecified atom stereocenters. The summed E-state index contributed by atoms with van der Waals surface area (Å²) in [6.45, 7) is 6.47. The molecule has 1 saturated carbocycles. The lowest BCUT2D eigenvalue weighted by atomic mass is 9.53. The number of carbonyl (C=O) groups is 2. The first-order chi connectivity index (χ1) is 8.83. The fourth-order valence-electron chi connectivity index (χ4n) is 4.49. The van der Waals surface area contributed by atoms with E-state index in [0.29, 0.717) is 13.2 Å². The van der Waals surface area contributed by atoms with Gasteiger partial charge in [0.05, 0.1) is 17.6 Å². The van der Waals surface area contributed by atoms with Gasteiger partial charge < -0.3 is 19.1 Å². The molecule has 5 atom stereocenters. The molecule has 3 aliphatic heterocycles. The summed E-state index contributed by atoms with van der Waals surface area (Å²) in [6, 6.07) is 0.00735. The van der Waals surface area contributed by atoms with Crippen LogP contribution in [0.15, 0.2) is 0 Å². The molecule has 1 aliphatic carbocycles. The number of nitrogens with zero attached hydrogens (tertiary/aromatic N) is 1. The maximum atomic E-state index is 12.2. The maximum Gasteiger partial charge on any atom is 0.410 e. The Morgan fingerprint density at radius 2 is 2.00 bits per heavy atom. The van der Waals surface area contributed by atoms with Crippen molar-refractivity contribution in [3.05, 3.63) is 0 Å². The second-order valence-corrected chi connectivity index (χ2v) is 6.56. The van der Waals surface area contributed by atoms with Gasteiger partial charge in [-0.3, -0.25) is 4.79 Å². The van der Waals surface area contributed by atoms with Gasteiger partial charge in [0, 0.05) is 32.2 Å². The molecule has 1 amide bonds. The van der Waals surface area contributed by atoms with Crippen molar-refractivity contribution in [2.24, 2.45) is 17.8 Å². The summed E-state index contributed by atoms with van der Waals surface area (Å²) < 4.78 is 16.4. The maximum absolute atomic E-state index is 12.2. The Kier molecular flexibility index (Phi) is 1.85. The predicted octanol–water partition coefficient (Wildman–Crippen LogP) is 0.751. The van der Waals surface area contributed by atoms with Crippen LogP contribution in [-0.4, -0.2) is 47.5 Å². The van der Waals surface area contributed by atoms with Gasteiger partial charge in [0.2, 0.25) is 5.79 Å². The zero-order valence-corrected chi connectivity index (χ0v) is 11.2. The van der Waals surface area contributed by atoms with Crippen LogP contribution in [0, 0.1) is 17.8 Å². The summed E-state index contributed by atoms with van der Waals surface area (Å²) in [5, 5.41) is 0. The molecular formula is C13H17NO5. The molecule has 0 spiro atoms. The molecule has 3 saturated heterocycles. The van der Waals surface area contributed by atoms with Crippen LogP contribution >= 0.6 is 0 Å². The third-order valence-electron chi connectivity index (χ3n) is 5.12. The van der Waals surface area contributed by atoms with Crippen molar-refractivity contribution in [2.45, 2.75) is 38.2 Å². The molecule has 6 nitrogen and oxygen atoms in total. The number of esters is 1. The van der Waals surface area contributed by atoms with Crippen LogP contribution in [0.2, 0.25) is 0 Å². The van der Waals surface area contributed by atoms with Crippen LogP contribution in [-0.2, 0) is 19.0 Å². The quantitative estimate of drug-likeness (QED) is 0.606. The molecule has 0 bridgehead atoms. The summed E-state index contributed by atoms with van der Waals surface area (Å²) in [4.78, 5) is 25.6. The molecule has 4 aliphatic rings. The molecular weight excluding hydrogens is 250 g/mol. The molecule has 4 fully saturated rings. The van der Waals surface area contributed by atoms with Gasteiger partial charge in [-0.25, -0.2) is 4.79 Å². The third-order valence-corrected chi connectivity index (χ3v) is 5.12. The second kappa shape index (κ2) is 3.06. The lowest BCUT2D eigenvalue weighted by molar-refractivity contribution is -0.352. The molecule has 0 N–H and O–H groups in total. The zero-order valence-electron chi connectivity index (χ0n) is 11.2. The molecule has 0 aromatic rings. The first-order valence-corrected chi connectivity index (χ1v) is 6.70. The molecule has 4 rings (SSSR count). The average Bonchev–Trinajstić information content (AvgIpc) is 2.76. The van der Waals surface area contributed by atoms with E-state index in [1.165, 1.54) is 0 Å². The van der Waals surface area contributed by atoms with Crippen molar-refractivity contribution in [3.8, 4) is 0 Å². The summed E-state index contributed by atoms with van der Waals surface area (Å²) >= 11 is 0. The SMILES string of the molecule is CC1(C)OC(=O)[C@@H]2[C@H]3[C@H]4COC(=O)N4C[C@H]3[C@]2(C)O1. The number of ether oxygens (including phenoxy) is 3. The molecule has 0 aromatic heterocycles. The van der Waals surface area contributed by atoms with E-state index >= 15 is 0 Å². The van der Waals surface area contributed by atoms with E-state index in [1.807, 2.05) is 6.92 Å². The van der Waals surface area contributed by atoms with Gasteiger partial charge in [0.1, 0.15) is 6.61 Å². The van der Waals surface area contributed by atoms with Crippen molar-refractivity contribution in [2.75, 3.05) is 13.2 Å². The van der Waals surface area contributed by atoms with Crippen molar-refractivity contribution >= 4 is 12.1 Å². The zero-order chi connectivity index (χ0) is 13.6. The van der Waals surface area contributed by atoms with E-state index in [0.717, 1.165) is 0 Å². The minimum absolute atomic E-state index is 0.00735. The van der Waals surface area contributed by atoms with Gasteiger partial charge in [-0.2, -0.15) is 0 Å². The van der Waals surface area contributed by atoms with E-state index in [1.54, 1.807) is 18.7 Å². The fourth-order valence-corrected chi connectivity index (χ4v) is 4.49. The van der Waals surface area contributed by atoms with Crippen LogP contribution in [0.1, 0.15) is 20.8 Å². The summed E-state index contributed by atoms with van der Waals surface area (Å²) in [5.41, 5.74) is -0.520. The van der Waals surface area contributed by atoms with Crippen LogP contribution in [0.25, 0.3) is 0 Å². The molecule has 3 heterocycles. The van der Waals surface area contributed by atoms with Crippen molar-refractivity contribution in [3.63, 3.8) is 0 Å². The third kappa shape index (κ3) is 1.21.